The second-order valence-electron chi connectivity index (χ2n) is 10.2. The minimum absolute atomic E-state index is 0.0416. The Kier molecular flexibility index (Phi) is 5.89. The number of alkyl halides is 4. The number of hydrogen-bond acceptors (Lipinski definition) is 4. The van der Waals surface area contributed by atoms with E-state index in [-0.39, 0.29) is 22.9 Å². The van der Waals surface area contributed by atoms with Gasteiger partial charge in [-0.2, -0.15) is 0 Å². The normalized spacial score (nSPS) is 29.1. The molecule has 0 spiro atoms. The van der Waals surface area contributed by atoms with Crippen LogP contribution in [-0.4, -0.2) is 47.5 Å². The van der Waals surface area contributed by atoms with Crippen molar-refractivity contribution in [2.24, 2.45) is 17.8 Å². The van der Waals surface area contributed by atoms with Gasteiger partial charge >= 0.3 is 0 Å². The van der Waals surface area contributed by atoms with Crippen LogP contribution < -0.4 is 16.2 Å². The van der Waals surface area contributed by atoms with Crippen LogP contribution in [0.5, 0.6) is 0 Å². The Morgan fingerprint density at radius 3 is 2.36 bits per heavy atom. The molecule has 3 aliphatic rings. The Morgan fingerprint density at radius 2 is 1.78 bits per heavy atom. The van der Waals surface area contributed by atoms with E-state index in [2.05, 4.69) is 15.5 Å². The lowest BCUT2D eigenvalue weighted by Crippen LogP contribution is -2.32. The Morgan fingerprint density at radius 1 is 1.17 bits per heavy atom. The Balaban J connectivity index is 1.44. The molecule has 6 atom stereocenters. The summed E-state index contributed by atoms with van der Waals surface area (Å²) >= 11 is 0. The van der Waals surface area contributed by atoms with Crippen molar-refractivity contribution >= 4 is 11.6 Å². The van der Waals surface area contributed by atoms with Gasteiger partial charge in [0.25, 0.3) is 23.8 Å². The van der Waals surface area contributed by atoms with Crippen molar-refractivity contribution in [3.05, 3.63) is 63.3 Å². The number of aromatic nitrogens is 1. The second kappa shape index (κ2) is 8.57. The highest BCUT2D eigenvalue weighted by atomic mass is 19.3. The number of nitrogens with zero attached hydrogens (tertiary/aromatic N) is 2. The molecule has 2 saturated carbocycles. The molecule has 1 saturated heterocycles. The Bertz CT molecular complexity index is 1250. The minimum Gasteiger partial charge on any atom is -0.381 e. The maximum absolute atomic E-state index is 14.6. The molecule has 36 heavy (non-hydrogen) atoms. The number of anilines is 1. The summed E-state index contributed by atoms with van der Waals surface area (Å²) in [6, 6.07) is 2.36. The largest absolute Gasteiger partial charge is 0.381 e. The lowest BCUT2D eigenvalue weighted by atomic mass is 10.0. The lowest BCUT2D eigenvalue weighted by Gasteiger charge is -2.20. The SMILES string of the molecule is C[C@@H](NC(=O)c1cn([C@H]2[C@H](C)C2(F)F)c(=O)cc1NC1[C@H]2CN(C)C[C@@H]12)c1cccc(C(F)F)c1F. The van der Waals surface area contributed by atoms with Crippen LogP contribution in [0.15, 0.2) is 35.3 Å². The van der Waals surface area contributed by atoms with Crippen molar-refractivity contribution in [3.63, 3.8) is 0 Å². The van der Waals surface area contributed by atoms with Gasteiger partial charge in [0.2, 0.25) is 0 Å². The predicted octanol–water partition coefficient (Wildman–Crippen LogP) is 4.21. The van der Waals surface area contributed by atoms with Crippen molar-refractivity contribution in [2.45, 2.75) is 44.3 Å². The number of fused-ring (bicyclic) bond motifs is 1. The van der Waals surface area contributed by atoms with Gasteiger partial charge in [0, 0.05) is 42.9 Å². The van der Waals surface area contributed by atoms with Crippen LogP contribution in [0.1, 0.15) is 53.8 Å². The number of halogens is 5. The van der Waals surface area contributed by atoms with E-state index in [4.69, 9.17) is 0 Å². The first-order valence-corrected chi connectivity index (χ1v) is 11.9. The third-order valence-electron chi connectivity index (χ3n) is 7.80. The summed E-state index contributed by atoms with van der Waals surface area (Å²) in [7, 11) is 2.00. The molecule has 6 nitrogen and oxygen atoms in total. The van der Waals surface area contributed by atoms with Gasteiger partial charge in [-0.05, 0) is 25.8 Å². The van der Waals surface area contributed by atoms with E-state index in [0.29, 0.717) is 11.8 Å². The number of likely N-dealkylation sites (tertiary alicyclic amines) is 1. The van der Waals surface area contributed by atoms with Gasteiger partial charge in [-0.3, -0.25) is 9.59 Å². The number of carbonyl (C=O) groups is 1. The first kappa shape index (κ1) is 24.7. The van der Waals surface area contributed by atoms with Gasteiger partial charge in [-0.1, -0.05) is 25.1 Å². The van der Waals surface area contributed by atoms with E-state index in [1.807, 2.05) is 7.05 Å². The van der Waals surface area contributed by atoms with Gasteiger partial charge in [0.15, 0.2) is 0 Å². The zero-order valence-corrected chi connectivity index (χ0v) is 19.9. The van der Waals surface area contributed by atoms with Crippen LogP contribution in [0.3, 0.4) is 0 Å². The van der Waals surface area contributed by atoms with Crippen molar-refractivity contribution in [1.29, 1.82) is 0 Å². The molecule has 0 radical (unpaired) electrons. The van der Waals surface area contributed by atoms with E-state index in [9.17, 15) is 31.5 Å². The molecule has 2 aliphatic carbocycles. The number of amides is 1. The van der Waals surface area contributed by atoms with E-state index in [0.717, 1.165) is 36.0 Å². The van der Waals surface area contributed by atoms with Gasteiger partial charge < -0.3 is 20.1 Å². The fourth-order valence-corrected chi connectivity index (χ4v) is 5.51. The zero-order chi connectivity index (χ0) is 26.1. The molecule has 1 amide bonds. The number of piperidine rings is 1. The molecule has 2 heterocycles. The van der Waals surface area contributed by atoms with Crippen LogP contribution in [0.25, 0.3) is 0 Å². The van der Waals surface area contributed by atoms with Crippen molar-refractivity contribution in [2.75, 3.05) is 25.5 Å². The summed E-state index contributed by atoms with van der Waals surface area (Å²) in [5, 5.41) is 5.81. The molecule has 1 aliphatic heterocycles. The summed E-state index contributed by atoms with van der Waals surface area (Å²) in [5.41, 5.74) is -1.40. The summed E-state index contributed by atoms with van der Waals surface area (Å²) in [4.78, 5) is 28.2. The van der Waals surface area contributed by atoms with Gasteiger partial charge in [0.1, 0.15) is 11.9 Å². The molecule has 3 fully saturated rings. The average molecular weight is 511 g/mol. The fraction of sp³-hybridized carbons (Fsp3) is 0.520. The van der Waals surface area contributed by atoms with Gasteiger partial charge in [-0.25, -0.2) is 22.0 Å². The molecule has 1 unspecified atom stereocenters. The smallest absolute Gasteiger partial charge is 0.273 e. The van der Waals surface area contributed by atoms with Crippen LogP contribution in [0.4, 0.5) is 27.6 Å². The summed E-state index contributed by atoms with van der Waals surface area (Å²) in [6.07, 6.45) is -1.91. The number of nitrogens with one attached hydrogen (secondary N) is 2. The van der Waals surface area contributed by atoms with Gasteiger partial charge in [-0.15, -0.1) is 0 Å². The van der Waals surface area contributed by atoms with Crippen LogP contribution in [0.2, 0.25) is 0 Å². The van der Waals surface area contributed by atoms with E-state index < -0.39 is 53.2 Å². The van der Waals surface area contributed by atoms with Crippen LogP contribution in [0, 0.1) is 23.6 Å². The molecule has 2 aromatic rings. The molecule has 1 aromatic heterocycles. The molecular weight excluding hydrogens is 483 g/mol. The third kappa shape index (κ3) is 4.07. The molecule has 1 aromatic carbocycles. The highest BCUT2D eigenvalue weighted by molar-refractivity contribution is 5.99. The Hall–Kier alpha value is -2.95. The zero-order valence-electron chi connectivity index (χ0n) is 19.9. The standard InChI is InChI=1S/C25H27F5N4O2/c1-11-22(25(11,29)30)34-10-17(18(7-19(34)35)32-21-15-8-33(3)9-16(15)21)24(36)31-12(2)13-5-4-6-14(20(13)26)23(27)28/h4-7,10-12,15-16,21-23,32H,8-9H2,1-3H3,(H,31,36)/t11-,12+,15-,16+,21?,22-/m0/s1. The maximum Gasteiger partial charge on any atom is 0.273 e. The highest BCUT2D eigenvalue weighted by Crippen LogP contribution is 2.58. The number of carbonyl (C=O) groups excluding carboxylic acids is 1. The van der Waals surface area contributed by atoms with Crippen molar-refractivity contribution < 1.29 is 26.7 Å². The van der Waals surface area contributed by atoms with E-state index in [1.165, 1.54) is 26.0 Å². The topological polar surface area (TPSA) is 66.4 Å². The monoisotopic (exact) mass is 510 g/mol. The summed E-state index contributed by atoms with van der Waals surface area (Å²) in [5.74, 6) is -5.28. The summed E-state index contributed by atoms with van der Waals surface area (Å²) < 4.78 is 69.9. The van der Waals surface area contributed by atoms with E-state index >= 15 is 0 Å². The van der Waals surface area contributed by atoms with Crippen LogP contribution >= 0.6 is 0 Å². The van der Waals surface area contributed by atoms with E-state index in [1.54, 1.807) is 0 Å². The molecule has 0 bridgehead atoms. The molecule has 11 heteroatoms. The average Bonchev–Trinajstić information content (AvgIpc) is 3.48. The molecule has 2 N–H and O–H groups in total. The third-order valence-corrected chi connectivity index (χ3v) is 7.80. The molecular formula is C25H27F5N4O2. The summed E-state index contributed by atoms with van der Waals surface area (Å²) in [6.45, 7) is 4.49. The second-order valence-corrected chi connectivity index (χ2v) is 10.2. The quantitative estimate of drug-likeness (QED) is 0.548. The number of hydrogen-bond donors (Lipinski definition) is 2. The fourth-order valence-electron chi connectivity index (χ4n) is 5.51. The molecule has 194 valence electrons. The van der Waals surface area contributed by atoms with Gasteiger partial charge in [0.05, 0.1) is 22.9 Å². The number of benzene rings is 1. The lowest BCUT2D eigenvalue weighted by molar-refractivity contribution is 0.0868. The minimum atomic E-state index is -3.07. The Labute approximate surface area is 204 Å². The van der Waals surface area contributed by atoms with Crippen molar-refractivity contribution in [3.8, 4) is 0 Å². The van der Waals surface area contributed by atoms with Crippen LogP contribution in [-0.2, 0) is 0 Å². The highest BCUT2D eigenvalue weighted by Gasteiger charge is 2.67. The maximum atomic E-state index is 14.6. The molecule has 5 rings (SSSR count). The number of pyridine rings is 1. The first-order valence-electron chi connectivity index (χ1n) is 11.9. The van der Waals surface area contributed by atoms with Crippen molar-refractivity contribution in [1.82, 2.24) is 14.8 Å². The number of rotatable bonds is 7. The first-order chi connectivity index (χ1) is 16.9. The predicted molar refractivity (Wildman–Crippen MR) is 123 cm³/mol.